The maximum atomic E-state index is 12.5. The van der Waals surface area contributed by atoms with Crippen molar-refractivity contribution in [1.29, 1.82) is 0 Å². The number of benzene rings is 1. The summed E-state index contributed by atoms with van der Waals surface area (Å²) in [6, 6.07) is 7.74. The van der Waals surface area contributed by atoms with E-state index in [1.54, 1.807) is 24.3 Å². The maximum absolute atomic E-state index is 12.5. The molecule has 1 aromatic carbocycles. The van der Waals surface area contributed by atoms with Crippen LogP contribution in [0.25, 0.3) is 11.0 Å². The number of carbonyl (C=O) groups excluding carboxylic acids is 2. The van der Waals surface area contributed by atoms with Crippen LogP contribution in [-0.2, 0) is 17.6 Å². The van der Waals surface area contributed by atoms with E-state index in [0.717, 1.165) is 0 Å². The predicted molar refractivity (Wildman–Crippen MR) is 90.2 cm³/mol. The summed E-state index contributed by atoms with van der Waals surface area (Å²) in [7, 11) is 1.45. The summed E-state index contributed by atoms with van der Waals surface area (Å²) in [5.74, 6) is 0.393. The molecule has 6 heteroatoms. The van der Waals surface area contributed by atoms with Crippen LogP contribution in [0.4, 0.5) is 0 Å². The van der Waals surface area contributed by atoms with Crippen LogP contribution < -0.4 is 10.2 Å². The lowest BCUT2D eigenvalue weighted by molar-refractivity contribution is -0.116. The quantitative estimate of drug-likeness (QED) is 0.641. The van der Waals surface area contributed by atoms with Gasteiger partial charge in [0.05, 0.1) is 19.8 Å². The Morgan fingerprint density at radius 2 is 1.96 bits per heavy atom. The van der Waals surface area contributed by atoms with Gasteiger partial charge in [0.15, 0.2) is 11.2 Å². The summed E-state index contributed by atoms with van der Waals surface area (Å²) in [4.78, 5) is 36.2. The van der Waals surface area contributed by atoms with Crippen molar-refractivity contribution in [2.75, 3.05) is 7.11 Å². The number of furan rings is 1. The molecule has 0 bridgehead atoms. The van der Waals surface area contributed by atoms with E-state index in [2.05, 4.69) is 0 Å². The minimum Gasteiger partial charge on any atom is -0.496 e. The topological polar surface area (TPSA) is 86.7 Å². The van der Waals surface area contributed by atoms with Gasteiger partial charge in [0.2, 0.25) is 5.78 Å². The number of fused-ring (bicyclic) bond motifs is 1. The summed E-state index contributed by atoms with van der Waals surface area (Å²) < 4.78 is 16.1. The number of ketones is 2. The molecule has 6 nitrogen and oxygen atoms in total. The molecule has 0 fully saturated rings. The van der Waals surface area contributed by atoms with Gasteiger partial charge in [-0.3, -0.25) is 14.4 Å². The lowest BCUT2D eigenvalue weighted by atomic mass is 10.0. The first-order valence-electron chi connectivity index (χ1n) is 7.68. The van der Waals surface area contributed by atoms with E-state index in [-0.39, 0.29) is 52.3 Å². The van der Waals surface area contributed by atoms with E-state index in [4.69, 9.17) is 13.6 Å². The van der Waals surface area contributed by atoms with E-state index >= 15 is 0 Å². The monoisotopic (exact) mass is 340 g/mol. The Balaban J connectivity index is 2.11. The second kappa shape index (κ2) is 6.76. The molecule has 0 aliphatic carbocycles. The van der Waals surface area contributed by atoms with Crippen LogP contribution in [0.15, 0.2) is 50.2 Å². The summed E-state index contributed by atoms with van der Waals surface area (Å²) in [5, 5.41) is 0.260. The van der Waals surface area contributed by atoms with Gasteiger partial charge in [-0.05, 0) is 25.1 Å². The van der Waals surface area contributed by atoms with Gasteiger partial charge in [-0.1, -0.05) is 6.07 Å². The molecule has 3 aromatic rings. The number of rotatable bonds is 6. The zero-order chi connectivity index (χ0) is 18.0. The lowest BCUT2D eigenvalue weighted by Crippen LogP contribution is -2.10. The van der Waals surface area contributed by atoms with Gasteiger partial charge in [0.25, 0.3) is 0 Å². The zero-order valence-corrected chi connectivity index (χ0v) is 13.8. The van der Waals surface area contributed by atoms with Gasteiger partial charge in [-0.2, -0.15) is 0 Å². The smallest absolute Gasteiger partial charge is 0.205 e. The van der Waals surface area contributed by atoms with E-state index < -0.39 is 0 Å². The molecule has 0 unspecified atom stereocenters. The molecule has 0 spiro atoms. The minimum absolute atomic E-state index is 0.0637. The predicted octanol–water partition coefficient (Wildman–Crippen LogP) is 2.95. The van der Waals surface area contributed by atoms with Gasteiger partial charge in [0.1, 0.15) is 28.3 Å². The molecule has 0 saturated heterocycles. The van der Waals surface area contributed by atoms with Gasteiger partial charge in [-0.15, -0.1) is 0 Å². The second-order valence-electron chi connectivity index (χ2n) is 5.66. The fourth-order valence-electron chi connectivity index (χ4n) is 2.68. The highest BCUT2D eigenvalue weighted by Crippen LogP contribution is 2.27. The Morgan fingerprint density at radius 1 is 1.16 bits per heavy atom. The number of ether oxygens (including phenoxy) is 1. The van der Waals surface area contributed by atoms with Crippen molar-refractivity contribution in [2.24, 2.45) is 0 Å². The van der Waals surface area contributed by atoms with Crippen molar-refractivity contribution in [1.82, 2.24) is 0 Å². The first-order valence-corrected chi connectivity index (χ1v) is 7.68. The molecule has 3 rings (SSSR count). The molecule has 0 saturated carbocycles. The third kappa shape index (κ3) is 3.38. The molecular formula is C19H16O6. The highest BCUT2D eigenvalue weighted by molar-refractivity contribution is 5.95. The number of carbonyl (C=O) groups is 2. The van der Waals surface area contributed by atoms with Crippen LogP contribution in [0.2, 0.25) is 0 Å². The van der Waals surface area contributed by atoms with Gasteiger partial charge < -0.3 is 13.6 Å². The van der Waals surface area contributed by atoms with Crippen LogP contribution in [-0.4, -0.2) is 18.7 Å². The summed E-state index contributed by atoms with van der Waals surface area (Å²) in [5.41, 5.74) is 0.516. The van der Waals surface area contributed by atoms with Crippen molar-refractivity contribution in [2.45, 2.75) is 19.8 Å². The molecule has 25 heavy (non-hydrogen) atoms. The molecule has 0 amide bonds. The number of hydrogen-bond acceptors (Lipinski definition) is 6. The Hall–Kier alpha value is -3.15. The first kappa shape index (κ1) is 16.7. The van der Waals surface area contributed by atoms with E-state index in [9.17, 15) is 14.4 Å². The van der Waals surface area contributed by atoms with Crippen molar-refractivity contribution in [3.8, 4) is 5.75 Å². The van der Waals surface area contributed by atoms with E-state index in [1.807, 2.05) is 0 Å². The Bertz CT molecular complexity index is 995. The van der Waals surface area contributed by atoms with E-state index in [0.29, 0.717) is 11.3 Å². The van der Waals surface area contributed by atoms with E-state index in [1.165, 1.54) is 26.4 Å². The average molecular weight is 340 g/mol. The molecule has 128 valence electrons. The van der Waals surface area contributed by atoms with Crippen LogP contribution >= 0.6 is 0 Å². The van der Waals surface area contributed by atoms with Crippen LogP contribution in [0.5, 0.6) is 5.75 Å². The van der Waals surface area contributed by atoms with Gasteiger partial charge in [-0.25, -0.2) is 0 Å². The molecule has 0 aliphatic rings. The molecular weight excluding hydrogens is 324 g/mol. The molecule has 0 radical (unpaired) electrons. The van der Waals surface area contributed by atoms with Crippen LogP contribution in [0.3, 0.4) is 0 Å². The molecule has 2 aromatic heterocycles. The SMILES string of the molecule is COc1ccc(CC(C)=O)c2oc(CC(=O)c3ccco3)cc(=O)c12. The molecule has 2 heterocycles. The number of hydrogen-bond donors (Lipinski definition) is 0. The third-order valence-corrected chi connectivity index (χ3v) is 3.76. The lowest BCUT2D eigenvalue weighted by Gasteiger charge is -2.09. The normalized spacial score (nSPS) is 10.8. The maximum Gasteiger partial charge on any atom is 0.205 e. The molecule has 0 atom stereocenters. The van der Waals surface area contributed by atoms with Gasteiger partial charge in [0, 0.05) is 18.1 Å². The van der Waals surface area contributed by atoms with Crippen molar-refractivity contribution < 1.29 is 23.2 Å². The van der Waals surface area contributed by atoms with Crippen molar-refractivity contribution in [3.63, 3.8) is 0 Å². The van der Waals surface area contributed by atoms with Crippen LogP contribution in [0, 0.1) is 0 Å². The average Bonchev–Trinajstić information content (AvgIpc) is 3.09. The standard InChI is InChI=1S/C19H16O6/c1-11(20)8-12-5-6-17(23-2)18-15(22)10-13(25-19(12)18)9-14(21)16-4-3-7-24-16/h3-7,10H,8-9H2,1-2H3. The number of methoxy groups -OCH3 is 1. The Labute approximate surface area is 143 Å². The van der Waals surface area contributed by atoms with Crippen molar-refractivity contribution >= 4 is 22.5 Å². The minimum atomic E-state index is -0.328. The highest BCUT2D eigenvalue weighted by atomic mass is 16.5. The van der Waals surface area contributed by atoms with Gasteiger partial charge >= 0.3 is 0 Å². The highest BCUT2D eigenvalue weighted by Gasteiger charge is 2.18. The summed E-state index contributed by atoms with van der Waals surface area (Å²) >= 11 is 0. The second-order valence-corrected chi connectivity index (χ2v) is 5.66. The fraction of sp³-hybridized carbons (Fsp3) is 0.211. The first-order chi connectivity index (χ1) is 12.0. The van der Waals surface area contributed by atoms with Crippen LogP contribution in [0.1, 0.15) is 28.8 Å². The third-order valence-electron chi connectivity index (χ3n) is 3.76. The molecule has 0 N–H and O–H groups in total. The van der Waals surface area contributed by atoms with Crippen molar-refractivity contribution in [3.05, 3.63) is 63.9 Å². The summed E-state index contributed by atoms with van der Waals surface area (Å²) in [6.07, 6.45) is 1.41. The molecule has 0 aliphatic heterocycles. The fourth-order valence-corrected chi connectivity index (χ4v) is 2.68. The largest absolute Gasteiger partial charge is 0.496 e. The Kier molecular flexibility index (Phi) is 4.52. The zero-order valence-electron chi connectivity index (χ0n) is 13.8. The Morgan fingerprint density at radius 3 is 2.60 bits per heavy atom. The number of Topliss-reactive ketones (excluding diaryl/α,β-unsaturated/α-hetero) is 2. The summed E-state index contributed by atoms with van der Waals surface area (Å²) in [6.45, 7) is 1.46.